The molecule has 1 atom stereocenters. The fraction of sp³-hybridized carbons (Fsp3) is 0.917. The highest BCUT2D eigenvalue weighted by Gasteiger charge is 2.23. The third-order valence-electron chi connectivity index (χ3n) is 3.00. The average Bonchev–Trinajstić information content (AvgIpc) is 2.25. The molecule has 1 aliphatic carbocycles. The predicted molar refractivity (Wildman–Crippen MR) is 65.4 cm³/mol. The van der Waals surface area contributed by atoms with Crippen LogP contribution in [-0.4, -0.2) is 21.6 Å². The fourth-order valence-corrected chi connectivity index (χ4v) is 3.56. The molecular weight excluding hydrogens is 208 g/mol. The molecule has 0 aromatic rings. The van der Waals surface area contributed by atoms with E-state index < -0.39 is 5.97 Å². The molecule has 15 heavy (non-hydrogen) atoms. The summed E-state index contributed by atoms with van der Waals surface area (Å²) in [5.41, 5.74) is 0. The van der Waals surface area contributed by atoms with Crippen molar-refractivity contribution in [2.24, 2.45) is 0 Å². The van der Waals surface area contributed by atoms with Crippen molar-refractivity contribution in [1.82, 2.24) is 0 Å². The van der Waals surface area contributed by atoms with Crippen LogP contribution >= 0.6 is 11.8 Å². The SMILES string of the molecule is CCCCC(SC1CCCCC1)C(=O)O. The third-order valence-corrected chi connectivity index (χ3v) is 4.63. The molecule has 1 saturated carbocycles. The molecule has 1 rings (SSSR count). The monoisotopic (exact) mass is 230 g/mol. The Morgan fingerprint density at radius 1 is 1.40 bits per heavy atom. The Morgan fingerprint density at radius 2 is 2.07 bits per heavy atom. The van der Waals surface area contributed by atoms with E-state index in [1.807, 2.05) is 0 Å². The van der Waals surface area contributed by atoms with Crippen molar-refractivity contribution >= 4 is 17.7 Å². The van der Waals surface area contributed by atoms with Gasteiger partial charge in [0, 0.05) is 5.25 Å². The minimum Gasteiger partial charge on any atom is -0.480 e. The molecule has 88 valence electrons. The summed E-state index contributed by atoms with van der Waals surface area (Å²) in [4.78, 5) is 11.1. The molecule has 0 spiro atoms. The van der Waals surface area contributed by atoms with Crippen LogP contribution in [0.1, 0.15) is 58.3 Å². The van der Waals surface area contributed by atoms with Crippen molar-refractivity contribution in [1.29, 1.82) is 0 Å². The second kappa shape index (κ2) is 7.15. The minimum atomic E-state index is -0.612. The normalized spacial score (nSPS) is 20.1. The van der Waals surface area contributed by atoms with E-state index in [9.17, 15) is 4.79 Å². The van der Waals surface area contributed by atoms with Gasteiger partial charge >= 0.3 is 5.97 Å². The first-order valence-electron chi connectivity index (χ1n) is 6.12. The lowest BCUT2D eigenvalue weighted by Crippen LogP contribution is -2.21. The average molecular weight is 230 g/mol. The van der Waals surface area contributed by atoms with Gasteiger partial charge in [0.2, 0.25) is 0 Å². The van der Waals surface area contributed by atoms with Gasteiger partial charge in [-0.3, -0.25) is 4.79 Å². The van der Waals surface area contributed by atoms with Gasteiger partial charge in [-0.25, -0.2) is 0 Å². The molecule has 0 aromatic carbocycles. The first-order valence-corrected chi connectivity index (χ1v) is 7.06. The van der Waals surface area contributed by atoms with Gasteiger partial charge in [-0.2, -0.15) is 0 Å². The van der Waals surface area contributed by atoms with Crippen molar-refractivity contribution < 1.29 is 9.90 Å². The van der Waals surface area contributed by atoms with E-state index in [0.29, 0.717) is 5.25 Å². The Morgan fingerprint density at radius 3 is 2.60 bits per heavy atom. The van der Waals surface area contributed by atoms with Crippen LogP contribution in [0.2, 0.25) is 0 Å². The summed E-state index contributed by atoms with van der Waals surface area (Å²) in [5, 5.41) is 9.56. The summed E-state index contributed by atoms with van der Waals surface area (Å²) in [6.45, 7) is 2.12. The highest BCUT2D eigenvalue weighted by atomic mass is 32.2. The molecular formula is C12H22O2S. The van der Waals surface area contributed by atoms with Crippen LogP contribution in [0.5, 0.6) is 0 Å². The predicted octanol–water partition coefficient (Wildman–Crippen LogP) is 3.70. The number of unbranched alkanes of at least 4 members (excludes halogenated alkanes) is 1. The van der Waals surface area contributed by atoms with E-state index in [0.717, 1.165) is 19.3 Å². The molecule has 0 heterocycles. The van der Waals surface area contributed by atoms with E-state index in [1.54, 1.807) is 11.8 Å². The van der Waals surface area contributed by atoms with Gasteiger partial charge in [-0.1, -0.05) is 39.0 Å². The van der Waals surface area contributed by atoms with E-state index in [1.165, 1.54) is 32.1 Å². The second-order valence-electron chi connectivity index (χ2n) is 4.37. The zero-order valence-electron chi connectivity index (χ0n) is 9.58. The minimum absolute atomic E-state index is 0.159. The number of carboxylic acid groups (broad SMARTS) is 1. The van der Waals surface area contributed by atoms with Crippen LogP contribution in [0.3, 0.4) is 0 Å². The van der Waals surface area contributed by atoms with Gasteiger partial charge in [0.15, 0.2) is 0 Å². The maximum Gasteiger partial charge on any atom is 0.316 e. The summed E-state index contributed by atoms with van der Waals surface area (Å²) in [6, 6.07) is 0. The van der Waals surface area contributed by atoms with E-state index in [-0.39, 0.29) is 5.25 Å². The summed E-state index contributed by atoms with van der Waals surface area (Å²) >= 11 is 1.71. The van der Waals surface area contributed by atoms with Crippen LogP contribution in [-0.2, 0) is 4.79 Å². The van der Waals surface area contributed by atoms with Gasteiger partial charge < -0.3 is 5.11 Å². The summed E-state index contributed by atoms with van der Waals surface area (Å²) < 4.78 is 0. The molecule has 2 nitrogen and oxygen atoms in total. The number of carboxylic acids is 1. The maximum absolute atomic E-state index is 11.1. The van der Waals surface area contributed by atoms with Crippen molar-refractivity contribution in [3.8, 4) is 0 Å². The van der Waals surface area contributed by atoms with Crippen LogP contribution < -0.4 is 0 Å². The van der Waals surface area contributed by atoms with Crippen molar-refractivity contribution in [3.05, 3.63) is 0 Å². The molecule has 0 saturated heterocycles. The number of carbonyl (C=O) groups is 1. The van der Waals surface area contributed by atoms with E-state index in [2.05, 4.69) is 6.92 Å². The fourth-order valence-electron chi connectivity index (χ4n) is 2.07. The molecule has 1 fully saturated rings. The zero-order chi connectivity index (χ0) is 11.1. The van der Waals surface area contributed by atoms with Crippen LogP contribution in [0.25, 0.3) is 0 Å². The molecule has 0 radical (unpaired) electrons. The lowest BCUT2D eigenvalue weighted by atomic mass is 10.0. The van der Waals surface area contributed by atoms with E-state index >= 15 is 0 Å². The molecule has 1 aliphatic rings. The smallest absolute Gasteiger partial charge is 0.316 e. The summed E-state index contributed by atoms with van der Waals surface area (Å²) in [6.07, 6.45) is 9.33. The third kappa shape index (κ3) is 4.92. The first-order chi connectivity index (χ1) is 7.24. The molecule has 1 unspecified atom stereocenters. The Hall–Kier alpha value is -0.180. The van der Waals surface area contributed by atoms with Crippen LogP contribution in [0.15, 0.2) is 0 Å². The van der Waals surface area contributed by atoms with Gasteiger partial charge in [-0.05, 0) is 19.3 Å². The van der Waals surface area contributed by atoms with Crippen molar-refractivity contribution in [2.45, 2.75) is 68.8 Å². The lowest BCUT2D eigenvalue weighted by molar-refractivity contribution is -0.136. The summed E-state index contributed by atoms with van der Waals surface area (Å²) in [5.74, 6) is -0.612. The highest BCUT2D eigenvalue weighted by Crippen LogP contribution is 2.32. The van der Waals surface area contributed by atoms with Gasteiger partial charge in [0.05, 0.1) is 0 Å². The molecule has 0 bridgehead atoms. The van der Waals surface area contributed by atoms with Crippen LogP contribution in [0.4, 0.5) is 0 Å². The molecule has 0 amide bonds. The molecule has 0 aromatic heterocycles. The zero-order valence-corrected chi connectivity index (χ0v) is 10.4. The van der Waals surface area contributed by atoms with E-state index in [4.69, 9.17) is 5.11 Å². The van der Waals surface area contributed by atoms with Crippen molar-refractivity contribution in [2.75, 3.05) is 0 Å². The maximum atomic E-state index is 11.1. The number of rotatable bonds is 6. The van der Waals surface area contributed by atoms with Gasteiger partial charge in [0.25, 0.3) is 0 Å². The number of thioether (sulfide) groups is 1. The molecule has 3 heteroatoms. The first kappa shape index (κ1) is 12.9. The Kier molecular flexibility index (Phi) is 6.15. The number of hydrogen-bond donors (Lipinski definition) is 1. The second-order valence-corrected chi connectivity index (χ2v) is 5.87. The van der Waals surface area contributed by atoms with Crippen LogP contribution in [0, 0.1) is 0 Å². The largest absolute Gasteiger partial charge is 0.480 e. The van der Waals surface area contributed by atoms with Gasteiger partial charge in [0.1, 0.15) is 5.25 Å². The highest BCUT2D eigenvalue weighted by molar-refractivity contribution is 8.01. The number of hydrogen-bond acceptors (Lipinski definition) is 2. The van der Waals surface area contributed by atoms with Gasteiger partial charge in [-0.15, -0.1) is 11.8 Å². The molecule has 1 N–H and O–H groups in total. The topological polar surface area (TPSA) is 37.3 Å². The Balaban J connectivity index is 2.31. The Bertz CT molecular complexity index is 188. The quantitative estimate of drug-likeness (QED) is 0.756. The van der Waals surface area contributed by atoms with Crippen molar-refractivity contribution in [3.63, 3.8) is 0 Å². The number of aliphatic carboxylic acids is 1. The lowest BCUT2D eigenvalue weighted by Gasteiger charge is -2.24. The Labute approximate surface area is 96.8 Å². The standard InChI is InChI=1S/C12H22O2S/c1-2-3-9-11(12(13)14)15-10-7-5-4-6-8-10/h10-11H,2-9H2,1H3,(H,13,14). The molecule has 0 aliphatic heterocycles. The summed E-state index contributed by atoms with van der Waals surface area (Å²) in [7, 11) is 0.